The lowest BCUT2D eigenvalue weighted by atomic mass is 10.1. The maximum absolute atomic E-state index is 14.9. The van der Waals surface area contributed by atoms with Gasteiger partial charge >= 0.3 is 0 Å². The van der Waals surface area contributed by atoms with Gasteiger partial charge in [0.05, 0.1) is 28.1 Å². The minimum absolute atomic E-state index is 0.00221. The lowest BCUT2D eigenvalue weighted by Crippen LogP contribution is -2.20. The van der Waals surface area contributed by atoms with Crippen molar-refractivity contribution in [2.75, 3.05) is 7.11 Å². The number of nitrogens with zero attached hydrogens (tertiary/aromatic N) is 1. The van der Waals surface area contributed by atoms with Crippen LogP contribution < -0.4 is 4.74 Å². The van der Waals surface area contributed by atoms with E-state index in [2.05, 4.69) is 0 Å². The van der Waals surface area contributed by atoms with Crippen molar-refractivity contribution >= 4 is 38.3 Å². The third kappa shape index (κ3) is 3.16. The minimum Gasteiger partial charge on any atom is -0.494 e. The first-order valence-electron chi connectivity index (χ1n) is 8.84. The zero-order chi connectivity index (χ0) is 21.5. The van der Waals surface area contributed by atoms with Crippen molar-refractivity contribution in [3.8, 4) is 5.75 Å². The summed E-state index contributed by atoms with van der Waals surface area (Å²) < 4.78 is 47.6. The van der Waals surface area contributed by atoms with Gasteiger partial charge in [0, 0.05) is 5.39 Å². The maximum Gasteiger partial charge on any atom is 0.268 e. The molecule has 1 heterocycles. The van der Waals surface area contributed by atoms with Crippen molar-refractivity contribution < 1.29 is 22.3 Å². The van der Waals surface area contributed by atoms with Crippen molar-refractivity contribution in [3.63, 3.8) is 0 Å². The molecule has 0 fully saturated rings. The van der Waals surface area contributed by atoms with Gasteiger partial charge in [0.2, 0.25) is 5.78 Å². The van der Waals surface area contributed by atoms with E-state index >= 15 is 0 Å². The van der Waals surface area contributed by atoms with Gasteiger partial charge in [-0.15, -0.1) is 0 Å². The number of halogens is 2. The first-order valence-corrected chi connectivity index (χ1v) is 10.7. The quantitative estimate of drug-likeness (QED) is 0.411. The fraction of sp³-hybridized carbons (Fsp3) is 0.0455. The van der Waals surface area contributed by atoms with Crippen LogP contribution in [0.25, 0.3) is 10.9 Å². The highest BCUT2D eigenvalue weighted by atomic mass is 35.5. The second-order valence-electron chi connectivity index (χ2n) is 6.44. The molecule has 4 aromatic rings. The summed E-state index contributed by atoms with van der Waals surface area (Å²) in [6.45, 7) is 0. The van der Waals surface area contributed by atoms with Crippen molar-refractivity contribution in [1.29, 1.82) is 0 Å². The van der Waals surface area contributed by atoms with E-state index in [1.54, 1.807) is 42.5 Å². The smallest absolute Gasteiger partial charge is 0.268 e. The molecule has 0 saturated carbocycles. The zero-order valence-corrected chi connectivity index (χ0v) is 17.2. The Morgan fingerprint density at radius 2 is 1.67 bits per heavy atom. The molecule has 0 atom stereocenters. The van der Waals surface area contributed by atoms with Crippen LogP contribution in [0.4, 0.5) is 4.39 Å². The van der Waals surface area contributed by atoms with Gasteiger partial charge in [-0.1, -0.05) is 48.0 Å². The third-order valence-electron chi connectivity index (χ3n) is 4.68. The molecule has 0 radical (unpaired) electrons. The summed E-state index contributed by atoms with van der Waals surface area (Å²) in [5.41, 5.74) is -0.387. The number of carbonyl (C=O) groups is 1. The number of para-hydroxylation sites is 1. The summed E-state index contributed by atoms with van der Waals surface area (Å²) in [4.78, 5) is 13.4. The molecule has 30 heavy (non-hydrogen) atoms. The molecule has 0 aliphatic rings. The largest absolute Gasteiger partial charge is 0.494 e. The van der Waals surface area contributed by atoms with Crippen LogP contribution in [0.15, 0.2) is 77.7 Å². The average molecular weight is 444 g/mol. The number of ketones is 1. The molecule has 1 aromatic heterocycles. The van der Waals surface area contributed by atoms with Gasteiger partial charge < -0.3 is 4.74 Å². The number of hydrogen-bond acceptors (Lipinski definition) is 4. The fourth-order valence-electron chi connectivity index (χ4n) is 3.27. The molecule has 0 unspecified atom stereocenters. The van der Waals surface area contributed by atoms with Gasteiger partial charge in [-0.2, -0.15) is 0 Å². The predicted octanol–water partition coefficient (Wildman–Crippen LogP) is 4.91. The Kier molecular flexibility index (Phi) is 5.09. The zero-order valence-electron chi connectivity index (χ0n) is 15.7. The average Bonchev–Trinajstić information content (AvgIpc) is 3.15. The molecular formula is C22H15ClFNO4S. The molecule has 8 heteroatoms. The van der Waals surface area contributed by atoms with Crippen LogP contribution in [0.2, 0.25) is 5.02 Å². The lowest BCUT2D eigenvalue weighted by Gasteiger charge is -2.13. The summed E-state index contributed by atoms with van der Waals surface area (Å²) in [6.07, 6.45) is 0. The SMILES string of the molecule is COc1ccc(Cl)c(C(=O)c2cc3ccccc3n2S(=O)(=O)c2ccccc2)c1F. The third-order valence-corrected chi connectivity index (χ3v) is 6.74. The first-order chi connectivity index (χ1) is 14.4. The van der Waals surface area contributed by atoms with Crippen LogP contribution in [0, 0.1) is 5.82 Å². The van der Waals surface area contributed by atoms with E-state index < -0.39 is 27.2 Å². The normalized spacial score (nSPS) is 11.6. The molecule has 0 N–H and O–H groups in total. The Balaban J connectivity index is 2.03. The number of ether oxygens (including phenoxy) is 1. The van der Waals surface area contributed by atoms with Crippen molar-refractivity contribution in [3.05, 3.63) is 94.9 Å². The van der Waals surface area contributed by atoms with Crippen LogP contribution in [0.5, 0.6) is 5.75 Å². The number of hydrogen-bond donors (Lipinski definition) is 0. The van der Waals surface area contributed by atoms with Crippen molar-refractivity contribution in [2.24, 2.45) is 0 Å². The highest BCUT2D eigenvalue weighted by Crippen LogP contribution is 2.32. The monoisotopic (exact) mass is 443 g/mol. The molecule has 0 bridgehead atoms. The molecule has 3 aromatic carbocycles. The summed E-state index contributed by atoms with van der Waals surface area (Å²) in [6, 6.07) is 18.4. The van der Waals surface area contributed by atoms with Crippen LogP contribution in [0.3, 0.4) is 0 Å². The van der Waals surface area contributed by atoms with E-state index in [0.717, 1.165) is 3.97 Å². The second-order valence-corrected chi connectivity index (χ2v) is 8.63. The Labute approximate surface area is 177 Å². The number of aromatic nitrogens is 1. The molecule has 152 valence electrons. The van der Waals surface area contributed by atoms with Crippen molar-refractivity contribution in [1.82, 2.24) is 3.97 Å². The molecule has 4 rings (SSSR count). The summed E-state index contributed by atoms with van der Waals surface area (Å²) >= 11 is 6.11. The summed E-state index contributed by atoms with van der Waals surface area (Å²) in [5, 5.41) is 0.368. The number of methoxy groups -OCH3 is 1. The molecule has 5 nitrogen and oxygen atoms in total. The summed E-state index contributed by atoms with van der Waals surface area (Å²) in [7, 11) is -2.89. The number of carbonyl (C=O) groups excluding carboxylic acids is 1. The lowest BCUT2D eigenvalue weighted by molar-refractivity contribution is 0.102. The minimum atomic E-state index is -4.15. The molecule has 0 saturated heterocycles. The van der Waals surface area contributed by atoms with E-state index in [9.17, 15) is 17.6 Å². The van der Waals surface area contributed by atoms with Gasteiger partial charge in [0.15, 0.2) is 11.6 Å². The fourth-order valence-corrected chi connectivity index (χ4v) is 5.04. The second kappa shape index (κ2) is 7.59. The predicted molar refractivity (Wildman–Crippen MR) is 112 cm³/mol. The van der Waals surface area contributed by atoms with Gasteiger partial charge in [-0.25, -0.2) is 16.8 Å². The van der Waals surface area contributed by atoms with Gasteiger partial charge in [-0.3, -0.25) is 4.79 Å². The number of rotatable bonds is 5. The number of benzene rings is 3. The van der Waals surface area contributed by atoms with Crippen LogP contribution in [-0.4, -0.2) is 25.3 Å². The molecule has 0 amide bonds. The van der Waals surface area contributed by atoms with E-state index in [-0.39, 0.29) is 21.4 Å². The Hall–Kier alpha value is -3.16. The van der Waals surface area contributed by atoms with Crippen LogP contribution >= 0.6 is 11.6 Å². The topological polar surface area (TPSA) is 65.4 Å². The van der Waals surface area contributed by atoms with E-state index in [4.69, 9.17) is 16.3 Å². The maximum atomic E-state index is 14.9. The molecule has 0 spiro atoms. The standard InChI is InChI=1S/C22H15ClFNO4S/c1-29-19-12-11-16(23)20(21(19)24)22(26)18-13-14-7-5-6-10-17(14)25(18)30(27,28)15-8-3-2-4-9-15/h2-13H,1H3. The highest BCUT2D eigenvalue weighted by Gasteiger charge is 2.30. The first kappa shape index (κ1) is 20.1. The molecule has 0 aliphatic carbocycles. The van der Waals surface area contributed by atoms with Gasteiger partial charge in [-0.05, 0) is 36.4 Å². The summed E-state index contributed by atoms with van der Waals surface area (Å²) in [5.74, 6) is -1.99. The molecule has 0 aliphatic heterocycles. The highest BCUT2D eigenvalue weighted by molar-refractivity contribution is 7.90. The Bertz CT molecular complexity index is 1380. The van der Waals surface area contributed by atoms with Crippen LogP contribution in [-0.2, 0) is 10.0 Å². The van der Waals surface area contributed by atoms with E-state index in [1.165, 1.54) is 37.4 Å². The Morgan fingerprint density at radius 1 is 1.00 bits per heavy atom. The van der Waals surface area contributed by atoms with Gasteiger partial charge in [0.1, 0.15) is 5.69 Å². The van der Waals surface area contributed by atoms with E-state index in [1.807, 2.05) is 0 Å². The number of fused-ring (bicyclic) bond motifs is 1. The van der Waals surface area contributed by atoms with Crippen molar-refractivity contribution in [2.45, 2.75) is 4.90 Å². The van der Waals surface area contributed by atoms with E-state index in [0.29, 0.717) is 10.9 Å². The van der Waals surface area contributed by atoms with Gasteiger partial charge in [0.25, 0.3) is 10.0 Å². The Morgan fingerprint density at radius 3 is 2.37 bits per heavy atom. The van der Waals surface area contributed by atoms with Crippen LogP contribution in [0.1, 0.15) is 16.1 Å². The molecular weight excluding hydrogens is 429 g/mol.